The van der Waals surface area contributed by atoms with Gasteiger partial charge in [-0.25, -0.2) is 4.98 Å². The predicted molar refractivity (Wildman–Crippen MR) is 95.3 cm³/mol. The summed E-state index contributed by atoms with van der Waals surface area (Å²) in [6.45, 7) is 6.16. The molecule has 140 valence electrons. The molecule has 0 saturated heterocycles. The fourth-order valence-corrected chi connectivity index (χ4v) is 3.30. The van der Waals surface area contributed by atoms with E-state index in [0.29, 0.717) is 24.1 Å². The minimum absolute atomic E-state index is 0.00480. The smallest absolute Gasteiger partial charge is 0.305 e. The second-order valence-corrected chi connectivity index (χ2v) is 6.56. The van der Waals surface area contributed by atoms with E-state index >= 15 is 0 Å². The molecule has 0 aliphatic heterocycles. The first kappa shape index (κ1) is 18.1. The van der Waals surface area contributed by atoms with E-state index in [1.807, 2.05) is 6.92 Å². The lowest BCUT2D eigenvalue weighted by molar-refractivity contribution is -0.145. The number of anilines is 1. The number of nitrogens with zero attached hydrogens (tertiary/aromatic N) is 3. The van der Waals surface area contributed by atoms with Crippen LogP contribution in [0.4, 0.5) is 5.95 Å². The molecule has 2 aromatic heterocycles. The van der Waals surface area contributed by atoms with E-state index in [1.54, 1.807) is 4.57 Å². The van der Waals surface area contributed by atoms with Crippen LogP contribution in [0.1, 0.15) is 38.6 Å². The van der Waals surface area contributed by atoms with Gasteiger partial charge in [0.1, 0.15) is 6.61 Å². The predicted octanol–water partition coefficient (Wildman–Crippen LogP) is 0.913. The minimum Gasteiger partial charge on any atom is -0.465 e. The zero-order valence-corrected chi connectivity index (χ0v) is 14.6. The third kappa shape index (κ3) is 3.34. The van der Waals surface area contributed by atoms with Crippen molar-refractivity contribution in [1.82, 2.24) is 19.5 Å². The van der Waals surface area contributed by atoms with Gasteiger partial charge in [0, 0.05) is 12.3 Å². The topological polar surface area (TPSA) is 136 Å². The van der Waals surface area contributed by atoms with E-state index in [9.17, 15) is 14.7 Å². The van der Waals surface area contributed by atoms with Crippen LogP contribution in [0, 0.1) is 5.92 Å². The lowest BCUT2D eigenvalue weighted by atomic mass is 10.0. The van der Waals surface area contributed by atoms with Crippen LogP contribution < -0.4 is 11.3 Å². The number of hydrogen-bond acceptors (Lipinski definition) is 7. The molecule has 0 unspecified atom stereocenters. The second kappa shape index (κ2) is 7.28. The Morgan fingerprint density at radius 2 is 2.35 bits per heavy atom. The summed E-state index contributed by atoms with van der Waals surface area (Å²) in [5, 5.41) is 10.4. The number of nitrogens with one attached hydrogen (secondary N) is 1. The summed E-state index contributed by atoms with van der Waals surface area (Å²) in [6.07, 6.45) is 3.22. The van der Waals surface area contributed by atoms with Gasteiger partial charge < -0.3 is 20.1 Å². The van der Waals surface area contributed by atoms with E-state index < -0.39 is 11.7 Å². The van der Waals surface area contributed by atoms with Gasteiger partial charge in [-0.15, -0.1) is 0 Å². The van der Waals surface area contributed by atoms with Crippen molar-refractivity contribution in [2.24, 2.45) is 5.92 Å². The molecule has 0 amide bonds. The maximum atomic E-state index is 11.9. The first-order valence-electron chi connectivity index (χ1n) is 8.67. The number of hydrogen-bond donors (Lipinski definition) is 3. The van der Waals surface area contributed by atoms with E-state index in [2.05, 4.69) is 21.5 Å². The number of rotatable bonds is 6. The molecule has 1 saturated carbocycles. The highest BCUT2D eigenvalue weighted by Crippen LogP contribution is 2.40. The number of fused-ring (bicyclic) bond motifs is 1. The van der Waals surface area contributed by atoms with Gasteiger partial charge in [0.25, 0.3) is 5.56 Å². The Morgan fingerprint density at radius 1 is 1.58 bits per heavy atom. The highest BCUT2D eigenvalue weighted by Gasteiger charge is 2.39. The van der Waals surface area contributed by atoms with Crippen molar-refractivity contribution in [3.05, 3.63) is 28.8 Å². The maximum absolute atomic E-state index is 11.9. The van der Waals surface area contributed by atoms with Crippen molar-refractivity contribution in [3.8, 4) is 0 Å². The van der Waals surface area contributed by atoms with Crippen molar-refractivity contribution in [1.29, 1.82) is 0 Å². The fraction of sp³-hybridized carbons (Fsp3) is 0.529. The van der Waals surface area contributed by atoms with Gasteiger partial charge in [-0.1, -0.05) is 19.9 Å². The van der Waals surface area contributed by atoms with E-state index in [0.717, 1.165) is 12.8 Å². The van der Waals surface area contributed by atoms with Crippen LogP contribution in [0.25, 0.3) is 11.2 Å². The van der Waals surface area contributed by atoms with Crippen LogP contribution in [0.2, 0.25) is 0 Å². The number of nitrogens with two attached hydrogens (primary N) is 1. The quantitative estimate of drug-likeness (QED) is 0.514. The SMILES string of the molecule is C=C1[C@H](COC(=O)CCCC)[C@@H](O)C[C@@H]1n1cnc2c(=O)[nH]c(N)nc21. The molecular formula is C17H23N5O4. The summed E-state index contributed by atoms with van der Waals surface area (Å²) in [5.74, 6) is -0.651. The van der Waals surface area contributed by atoms with Gasteiger partial charge in [0.05, 0.1) is 18.5 Å². The van der Waals surface area contributed by atoms with Crippen LogP contribution >= 0.6 is 0 Å². The van der Waals surface area contributed by atoms with E-state index in [1.165, 1.54) is 6.33 Å². The molecule has 3 atom stereocenters. The number of aliphatic hydroxyl groups excluding tert-OH is 1. The van der Waals surface area contributed by atoms with Crippen LogP contribution in [-0.4, -0.2) is 43.3 Å². The summed E-state index contributed by atoms with van der Waals surface area (Å²) in [7, 11) is 0. The monoisotopic (exact) mass is 361 g/mol. The molecule has 0 aromatic carbocycles. The molecule has 1 fully saturated rings. The first-order chi connectivity index (χ1) is 12.4. The number of aliphatic hydroxyl groups is 1. The number of aromatic nitrogens is 4. The lowest BCUT2D eigenvalue weighted by Gasteiger charge is -2.17. The molecular weight excluding hydrogens is 338 g/mol. The summed E-state index contributed by atoms with van der Waals surface area (Å²) in [4.78, 5) is 34.3. The van der Waals surface area contributed by atoms with Crippen molar-refractivity contribution >= 4 is 23.1 Å². The highest BCUT2D eigenvalue weighted by molar-refractivity contribution is 5.71. The molecule has 4 N–H and O–H groups in total. The third-order valence-corrected chi connectivity index (χ3v) is 4.78. The van der Waals surface area contributed by atoms with Gasteiger partial charge in [0.2, 0.25) is 5.95 Å². The lowest BCUT2D eigenvalue weighted by Crippen LogP contribution is -2.22. The van der Waals surface area contributed by atoms with Crippen LogP contribution in [0.3, 0.4) is 0 Å². The molecule has 1 aliphatic rings. The number of ether oxygens (including phenoxy) is 1. The number of unbranched alkanes of at least 4 members (excludes halogenated alkanes) is 1. The zero-order chi connectivity index (χ0) is 18.8. The molecule has 9 heteroatoms. The van der Waals surface area contributed by atoms with Gasteiger partial charge in [-0.05, 0) is 18.4 Å². The highest BCUT2D eigenvalue weighted by atomic mass is 16.5. The normalized spacial score (nSPS) is 22.8. The van der Waals surface area contributed by atoms with Crippen molar-refractivity contribution in [2.75, 3.05) is 12.3 Å². The number of aromatic amines is 1. The average Bonchev–Trinajstić information content (AvgIpc) is 3.12. The van der Waals surface area contributed by atoms with Gasteiger partial charge in [-0.3, -0.25) is 14.6 Å². The zero-order valence-electron chi connectivity index (χ0n) is 14.6. The molecule has 1 aliphatic carbocycles. The molecule has 26 heavy (non-hydrogen) atoms. The van der Waals surface area contributed by atoms with Crippen LogP contribution in [0.5, 0.6) is 0 Å². The van der Waals surface area contributed by atoms with Crippen LogP contribution in [-0.2, 0) is 9.53 Å². The molecule has 0 bridgehead atoms. The molecule has 3 rings (SSSR count). The minimum atomic E-state index is -0.705. The Balaban J connectivity index is 1.78. The molecule has 2 heterocycles. The number of carbonyl (C=O) groups is 1. The molecule has 0 radical (unpaired) electrons. The van der Waals surface area contributed by atoms with Crippen molar-refractivity contribution in [3.63, 3.8) is 0 Å². The van der Waals surface area contributed by atoms with Crippen molar-refractivity contribution in [2.45, 2.75) is 44.8 Å². The van der Waals surface area contributed by atoms with Crippen molar-refractivity contribution < 1.29 is 14.6 Å². The van der Waals surface area contributed by atoms with Crippen LogP contribution in [0.15, 0.2) is 23.3 Å². The van der Waals surface area contributed by atoms with Gasteiger partial charge >= 0.3 is 5.97 Å². The summed E-state index contributed by atoms with van der Waals surface area (Å²) in [6, 6.07) is -0.303. The standard InChI is InChI=1S/C17H23N5O4/c1-3-4-5-13(24)26-7-10-9(2)11(6-12(10)23)22-8-19-14-15(22)20-17(18)21-16(14)25/h8,10-12,23H,2-7H2,1H3,(H3,18,20,21,25)/t10-,11-,12-/m0/s1. The number of imidazole rings is 1. The number of carbonyl (C=O) groups excluding carboxylic acids is 1. The Kier molecular flexibility index (Phi) is 5.08. The average molecular weight is 361 g/mol. The van der Waals surface area contributed by atoms with E-state index in [-0.39, 0.29) is 36.0 Å². The van der Waals surface area contributed by atoms with E-state index in [4.69, 9.17) is 10.5 Å². The Bertz CT molecular complexity index is 887. The summed E-state index contributed by atoms with van der Waals surface area (Å²) < 4.78 is 6.97. The number of esters is 1. The Morgan fingerprint density at radius 3 is 3.08 bits per heavy atom. The maximum Gasteiger partial charge on any atom is 0.305 e. The Labute approximate surface area is 149 Å². The number of H-pyrrole nitrogens is 1. The number of nitrogen functional groups attached to an aromatic ring is 1. The third-order valence-electron chi connectivity index (χ3n) is 4.78. The fourth-order valence-electron chi connectivity index (χ4n) is 3.30. The first-order valence-corrected chi connectivity index (χ1v) is 8.67. The molecule has 9 nitrogen and oxygen atoms in total. The summed E-state index contributed by atoms with van der Waals surface area (Å²) in [5.41, 5.74) is 6.43. The van der Waals surface area contributed by atoms with Gasteiger partial charge in [0.15, 0.2) is 11.2 Å². The molecule has 2 aromatic rings. The van der Waals surface area contributed by atoms with Gasteiger partial charge in [-0.2, -0.15) is 4.98 Å². The molecule has 0 spiro atoms. The largest absolute Gasteiger partial charge is 0.465 e. The Hall–Kier alpha value is -2.68. The summed E-state index contributed by atoms with van der Waals surface area (Å²) >= 11 is 0. The second-order valence-electron chi connectivity index (χ2n) is 6.56.